The summed E-state index contributed by atoms with van der Waals surface area (Å²) in [6.45, 7) is 6.02. The normalized spacial score (nSPS) is 10.7. The summed E-state index contributed by atoms with van der Waals surface area (Å²) in [6.07, 6.45) is 0. The third kappa shape index (κ3) is 3.37. The number of anilines is 3. The van der Waals surface area contributed by atoms with E-state index >= 15 is 0 Å². The van der Waals surface area contributed by atoms with Gasteiger partial charge in [-0.1, -0.05) is 31.5 Å². The fourth-order valence-electron chi connectivity index (χ4n) is 1.68. The van der Waals surface area contributed by atoms with Crippen LogP contribution in [0.4, 0.5) is 17.3 Å². The van der Waals surface area contributed by atoms with E-state index in [9.17, 15) is 0 Å². The van der Waals surface area contributed by atoms with Crippen molar-refractivity contribution in [3.8, 4) is 0 Å². The van der Waals surface area contributed by atoms with Crippen LogP contribution in [0.25, 0.3) is 0 Å². The van der Waals surface area contributed by atoms with Gasteiger partial charge in [0.15, 0.2) is 0 Å². The zero-order valence-electron chi connectivity index (χ0n) is 11.7. The summed E-state index contributed by atoms with van der Waals surface area (Å²) in [5.41, 5.74) is 4.46. The highest BCUT2D eigenvalue weighted by atomic mass is 35.5. The van der Waals surface area contributed by atoms with Crippen molar-refractivity contribution in [2.45, 2.75) is 26.7 Å². The van der Waals surface area contributed by atoms with E-state index in [0.717, 1.165) is 17.1 Å². The molecule has 0 atom stereocenters. The summed E-state index contributed by atoms with van der Waals surface area (Å²) in [6, 6.07) is 7.52. The maximum atomic E-state index is 6.12. The van der Waals surface area contributed by atoms with Crippen LogP contribution in [-0.2, 0) is 0 Å². The Morgan fingerprint density at radius 1 is 1.15 bits per heavy atom. The van der Waals surface area contributed by atoms with Gasteiger partial charge in [0, 0.05) is 22.7 Å². The molecule has 1 aromatic carbocycles. The summed E-state index contributed by atoms with van der Waals surface area (Å²) in [5, 5.41) is 3.92. The van der Waals surface area contributed by atoms with Crippen LogP contribution in [0.5, 0.6) is 0 Å². The maximum Gasteiger partial charge on any atom is 0.145 e. The highest BCUT2D eigenvalue weighted by Gasteiger charge is 2.08. The smallest absolute Gasteiger partial charge is 0.145 e. The minimum atomic E-state index is 0.213. The van der Waals surface area contributed by atoms with Crippen molar-refractivity contribution in [3.05, 3.63) is 40.7 Å². The fourth-order valence-corrected chi connectivity index (χ4v) is 1.86. The highest BCUT2D eigenvalue weighted by Crippen LogP contribution is 2.24. The molecule has 4 N–H and O–H groups in total. The lowest BCUT2D eigenvalue weighted by molar-refractivity contribution is 0.777. The Labute approximate surface area is 123 Å². The van der Waals surface area contributed by atoms with Crippen molar-refractivity contribution in [1.29, 1.82) is 0 Å². The lowest BCUT2D eigenvalue weighted by Gasteiger charge is -2.12. The number of nitrogens with two attached hydrogens (primary N) is 1. The van der Waals surface area contributed by atoms with Gasteiger partial charge in [0.2, 0.25) is 0 Å². The molecule has 0 fully saturated rings. The van der Waals surface area contributed by atoms with E-state index in [1.54, 1.807) is 6.07 Å². The molecular weight excluding hydrogens is 274 g/mol. The van der Waals surface area contributed by atoms with E-state index in [2.05, 4.69) is 20.7 Å². The van der Waals surface area contributed by atoms with Crippen molar-refractivity contribution in [3.63, 3.8) is 0 Å². The molecule has 106 valence electrons. The lowest BCUT2D eigenvalue weighted by atomic mass is 10.2. The van der Waals surface area contributed by atoms with Crippen molar-refractivity contribution in [2.75, 3.05) is 10.7 Å². The van der Waals surface area contributed by atoms with Crippen LogP contribution < -0.4 is 16.6 Å². The van der Waals surface area contributed by atoms with Gasteiger partial charge in [0.1, 0.15) is 17.5 Å². The second-order valence-electron chi connectivity index (χ2n) is 4.88. The van der Waals surface area contributed by atoms with Gasteiger partial charge in [-0.2, -0.15) is 0 Å². The maximum absolute atomic E-state index is 6.12. The van der Waals surface area contributed by atoms with Crippen LogP contribution in [0.15, 0.2) is 24.3 Å². The molecule has 1 aromatic heterocycles. The number of aryl methyl sites for hydroxylation is 1. The van der Waals surface area contributed by atoms with Crippen LogP contribution >= 0.6 is 11.6 Å². The average molecular weight is 292 g/mol. The SMILES string of the molecule is Cc1ccc(Nc2cc(NN)nc(C(C)C)n2)cc1Cl. The van der Waals surface area contributed by atoms with Gasteiger partial charge in [0.25, 0.3) is 0 Å². The predicted octanol–water partition coefficient (Wildman–Crippen LogP) is 3.59. The highest BCUT2D eigenvalue weighted by molar-refractivity contribution is 6.31. The Bertz CT molecular complexity index is 613. The number of aromatic nitrogens is 2. The van der Waals surface area contributed by atoms with E-state index in [1.165, 1.54) is 0 Å². The zero-order chi connectivity index (χ0) is 14.7. The molecule has 20 heavy (non-hydrogen) atoms. The van der Waals surface area contributed by atoms with Crippen LogP contribution in [0, 0.1) is 6.92 Å². The molecule has 0 radical (unpaired) electrons. The molecule has 0 saturated carbocycles. The summed E-state index contributed by atoms with van der Waals surface area (Å²) < 4.78 is 0. The van der Waals surface area contributed by atoms with Gasteiger partial charge in [-0.3, -0.25) is 0 Å². The van der Waals surface area contributed by atoms with Crippen LogP contribution in [0.3, 0.4) is 0 Å². The summed E-state index contributed by atoms with van der Waals surface area (Å²) in [5.74, 6) is 7.62. The Morgan fingerprint density at radius 3 is 2.45 bits per heavy atom. The number of nitrogen functional groups attached to an aromatic ring is 1. The zero-order valence-corrected chi connectivity index (χ0v) is 12.5. The summed E-state index contributed by atoms with van der Waals surface area (Å²) >= 11 is 6.12. The standard InChI is InChI=1S/C14H18ClN5/c1-8(2)14-18-12(7-13(19-14)20-16)17-10-5-4-9(3)11(15)6-10/h4-8H,16H2,1-3H3,(H2,17,18,19,20). The van der Waals surface area contributed by atoms with E-state index < -0.39 is 0 Å². The molecule has 0 bridgehead atoms. The molecule has 0 amide bonds. The molecule has 1 heterocycles. The van der Waals surface area contributed by atoms with Crippen LogP contribution in [0.2, 0.25) is 5.02 Å². The first-order valence-corrected chi connectivity index (χ1v) is 6.76. The minimum absolute atomic E-state index is 0.213. The molecule has 0 aliphatic carbocycles. The Hall–Kier alpha value is -1.85. The number of nitrogens with zero attached hydrogens (tertiary/aromatic N) is 2. The first-order chi connectivity index (χ1) is 9.49. The molecule has 0 spiro atoms. The second-order valence-corrected chi connectivity index (χ2v) is 5.29. The monoisotopic (exact) mass is 291 g/mol. The first kappa shape index (κ1) is 14.6. The molecular formula is C14H18ClN5. The van der Waals surface area contributed by atoms with E-state index in [-0.39, 0.29) is 5.92 Å². The Kier molecular flexibility index (Phi) is 4.42. The topological polar surface area (TPSA) is 75.9 Å². The molecule has 0 aliphatic rings. The largest absolute Gasteiger partial charge is 0.340 e. The Morgan fingerprint density at radius 2 is 1.85 bits per heavy atom. The van der Waals surface area contributed by atoms with E-state index in [1.807, 2.05) is 39.0 Å². The van der Waals surface area contributed by atoms with Crippen LogP contribution in [-0.4, -0.2) is 9.97 Å². The molecule has 6 heteroatoms. The molecule has 2 aromatic rings. The number of halogens is 1. The third-order valence-corrected chi connectivity index (χ3v) is 3.26. The van der Waals surface area contributed by atoms with Crippen LogP contribution in [0.1, 0.15) is 31.2 Å². The third-order valence-electron chi connectivity index (χ3n) is 2.85. The van der Waals surface area contributed by atoms with Gasteiger partial charge >= 0.3 is 0 Å². The minimum Gasteiger partial charge on any atom is -0.340 e. The number of hydrogen-bond donors (Lipinski definition) is 3. The lowest BCUT2D eigenvalue weighted by Crippen LogP contribution is -2.12. The first-order valence-electron chi connectivity index (χ1n) is 6.38. The number of nitrogens with one attached hydrogen (secondary N) is 2. The van der Waals surface area contributed by atoms with Crippen molar-refractivity contribution in [2.24, 2.45) is 5.84 Å². The molecule has 5 nitrogen and oxygen atoms in total. The van der Waals surface area contributed by atoms with Gasteiger partial charge in [-0.15, -0.1) is 0 Å². The second kappa shape index (κ2) is 6.07. The molecule has 0 saturated heterocycles. The quantitative estimate of drug-likeness (QED) is 0.593. The number of hydrazine groups is 1. The summed E-state index contributed by atoms with van der Waals surface area (Å²) in [4.78, 5) is 8.78. The molecule has 0 unspecified atom stereocenters. The fraction of sp³-hybridized carbons (Fsp3) is 0.286. The number of benzene rings is 1. The van der Waals surface area contributed by atoms with Crippen molar-refractivity contribution >= 4 is 28.9 Å². The van der Waals surface area contributed by atoms with Gasteiger partial charge < -0.3 is 10.7 Å². The summed E-state index contributed by atoms with van der Waals surface area (Å²) in [7, 11) is 0. The predicted molar refractivity (Wildman–Crippen MR) is 83.4 cm³/mol. The van der Waals surface area contributed by atoms with E-state index in [0.29, 0.717) is 16.7 Å². The molecule has 0 aliphatic heterocycles. The van der Waals surface area contributed by atoms with Gasteiger partial charge in [-0.05, 0) is 24.6 Å². The van der Waals surface area contributed by atoms with E-state index in [4.69, 9.17) is 17.4 Å². The average Bonchev–Trinajstić information content (AvgIpc) is 2.42. The number of rotatable bonds is 4. The Balaban J connectivity index is 2.32. The van der Waals surface area contributed by atoms with Crippen molar-refractivity contribution in [1.82, 2.24) is 9.97 Å². The number of hydrogen-bond acceptors (Lipinski definition) is 5. The van der Waals surface area contributed by atoms with Gasteiger partial charge in [-0.25, -0.2) is 15.8 Å². The van der Waals surface area contributed by atoms with Crippen molar-refractivity contribution < 1.29 is 0 Å². The van der Waals surface area contributed by atoms with Gasteiger partial charge in [0.05, 0.1) is 0 Å². The molecule has 2 rings (SSSR count).